The Labute approximate surface area is 128 Å². The third kappa shape index (κ3) is 3.26. The van der Waals surface area contributed by atoms with E-state index in [1.807, 2.05) is 0 Å². The minimum absolute atomic E-state index is 0.134. The van der Waals surface area contributed by atoms with Crippen molar-refractivity contribution in [3.05, 3.63) is 28.9 Å². The fraction of sp³-hybridized carbons (Fsp3) is 0.533. The number of aromatic nitrogens is 3. The molecule has 0 saturated carbocycles. The Kier molecular flexibility index (Phi) is 4.65. The second-order valence-corrected chi connectivity index (χ2v) is 5.54. The molecule has 3 heterocycles. The van der Waals surface area contributed by atoms with Crippen molar-refractivity contribution in [2.75, 3.05) is 38.7 Å². The van der Waals surface area contributed by atoms with E-state index in [1.165, 1.54) is 6.33 Å². The van der Waals surface area contributed by atoms with Gasteiger partial charge in [-0.3, -0.25) is 4.79 Å². The van der Waals surface area contributed by atoms with Gasteiger partial charge in [0.25, 0.3) is 5.56 Å². The summed E-state index contributed by atoms with van der Waals surface area (Å²) < 4.78 is 5.12. The molecular formula is C15H21N5O2. The molecule has 1 aliphatic heterocycles. The molecule has 0 unspecified atom stereocenters. The van der Waals surface area contributed by atoms with Crippen LogP contribution >= 0.6 is 0 Å². The minimum atomic E-state index is -0.134. The van der Waals surface area contributed by atoms with Gasteiger partial charge >= 0.3 is 0 Å². The normalized spacial score (nSPS) is 17.0. The van der Waals surface area contributed by atoms with Gasteiger partial charge in [0.1, 0.15) is 5.52 Å². The zero-order valence-electron chi connectivity index (χ0n) is 12.7. The molecule has 1 fully saturated rings. The van der Waals surface area contributed by atoms with Crippen LogP contribution in [-0.2, 0) is 4.74 Å². The summed E-state index contributed by atoms with van der Waals surface area (Å²) in [6.07, 6.45) is 5.16. The number of H-pyrrole nitrogens is 1. The molecule has 1 saturated heterocycles. The Balaban J connectivity index is 1.68. The van der Waals surface area contributed by atoms with Gasteiger partial charge in [0, 0.05) is 39.0 Å². The monoisotopic (exact) mass is 303 g/mol. The molecule has 0 bridgehead atoms. The van der Waals surface area contributed by atoms with Crippen LogP contribution < -0.4 is 10.9 Å². The molecule has 0 spiro atoms. The fourth-order valence-electron chi connectivity index (χ4n) is 2.82. The predicted molar refractivity (Wildman–Crippen MR) is 85.1 cm³/mol. The zero-order valence-corrected chi connectivity index (χ0v) is 12.7. The highest BCUT2D eigenvalue weighted by Crippen LogP contribution is 2.19. The molecule has 0 aliphatic carbocycles. The quantitative estimate of drug-likeness (QED) is 0.852. The van der Waals surface area contributed by atoms with Gasteiger partial charge in [-0.15, -0.1) is 0 Å². The summed E-state index contributed by atoms with van der Waals surface area (Å²) in [5.74, 6) is 0.693. The van der Waals surface area contributed by atoms with Crippen molar-refractivity contribution in [1.29, 1.82) is 0 Å². The van der Waals surface area contributed by atoms with Gasteiger partial charge in [0.2, 0.25) is 0 Å². The molecule has 0 amide bonds. The summed E-state index contributed by atoms with van der Waals surface area (Å²) in [6, 6.07) is 2.05. The van der Waals surface area contributed by atoms with Crippen LogP contribution in [0.1, 0.15) is 12.8 Å². The number of rotatable bonds is 5. The number of pyridine rings is 1. The first-order chi connectivity index (χ1) is 10.8. The number of hydrogen-bond acceptors (Lipinski definition) is 6. The SMILES string of the molecule is COCCN1CCC(Nc2nccc3c(=O)[nH]cnc23)CC1. The van der Waals surface area contributed by atoms with Gasteiger partial charge < -0.3 is 19.9 Å². The highest BCUT2D eigenvalue weighted by atomic mass is 16.5. The molecular weight excluding hydrogens is 282 g/mol. The van der Waals surface area contributed by atoms with Crippen LogP contribution in [0.2, 0.25) is 0 Å². The Morgan fingerprint density at radius 2 is 2.23 bits per heavy atom. The van der Waals surface area contributed by atoms with Crippen molar-refractivity contribution in [3.8, 4) is 0 Å². The summed E-state index contributed by atoms with van der Waals surface area (Å²) in [5, 5.41) is 4.01. The highest BCUT2D eigenvalue weighted by Gasteiger charge is 2.20. The van der Waals surface area contributed by atoms with E-state index in [4.69, 9.17) is 4.74 Å². The Morgan fingerprint density at radius 1 is 1.41 bits per heavy atom. The van der Waals surface area contributed by atoms with E-state index in [0.717, 1.165) is 39.1 Å². The summed E-state index contributed by atoms with van der Waals surface area (Å²) >= 11 is 0. The first-order valence-corrected chi connectivity index (χ1v) is 7.58. The van der Waals surface area contributed by atoms with Crippen molar-refractivity contribution in [3.63, 3.8) is 0 Å². The second kappa shape index (κ2) is 6.85. The lowest BCUT2D eigenvalue weighted by atomic mass is 10.0. The number of piperidine rings is 1. The van der Waals surface area contributed by atoms with Gasteiger partial charge in [0.15, 0.2) is 5.82 Å². The predicted octanol–water partition coefficient (Wildman–Crippen LogP) is 0.841. The summed E-state index contributed by atoms with van der Waals surface area (Å²) in [6.45, 7) is 3.84. The lowest BCUT2D eigenvalue weighted by molar-refractivity contribution is 0.132. The molecule has 0 atom stereocenters. The highest BCUT2D eigenvalue weighted by molar-refractivity contribution is 5.87. The molecule has 7 nitrogen and oxygen atoms in total. The summed E-state index contributed by atoms with van der Waals surface area (Å²) in [5.41, 5.74) is 0.498. The van der Waals surface area contributed by atoms with E-state index in [0.29, 0.717) is 22.8 Å². The molecule has 2 aromatic heterocycles. The molecule has 0 radical (unpaired) electrons. The van der Waals surface area contributed by atoms with Gasteiger partial charge in [-0.1, -0.05) is 0 Å². The maximum Gasteiger partial charge on any atom is 0.258 e. The van der Waals surface area contributed by atoms with Crippen molar-refractivity contribution in [1.82, 2.24) is 19.9 Å². The van der Waals surface area contributed by atoms with Crippen LogP contribution in [-0.4, -0.2) is 59.2 Å². The smallest absolute Gasteiger partial charge is 0.258 e. The molecule has 0 aromatic carbocycles. The van der Waals surface area contributed by atoms with Crippen LogP contribution in [0, 0.1) is 0 Å². The number of nitrogens with zero attached hydrogens (tertiary/aromatic N) is 3. The average molecular weight is 303 g/mol. The number of fused-ring (bicyclic) bond motifs is 1. The van der Waals surface area contributed by atoms with Gasteiger partial charge in [-0.05, 0) is 18.9 Å². The van der Waals surface area contributed by atoms with Gasteiger partial charge in [-0.2, -0.15) is 0 Å². The largest absolute Gasteiger partial charge is 0.383 e. The number of methoxy groups -OCH3 is 1. The maximum absolute atomic E-state index is 11.8. The van der Waals surface area contributed by atoms with E-state index in [1.54, 1.807) is 19.4 Å². The average Bonchev–Trinajstić information content (AvgIpc) is 2.55. The van der Waals surface area contributed by atoms with Crippen molar-refractivity contribution >= 4 is 16.7 Å². The maximum atomic E-state index is 11.8. The lowest BCUT2D eigenvalue weighted by Crippen LogP contribution is -2.40. The molecule has 3 rings (SSSR count). The number of anilines is 1. The Bertz CT molecular complexity index is 679. The lowest BCUT2D eigenvalue weighted by Gasteiger charge is -2.32. The second-order valence-electron chi connectivity index (χ2n) is 5.54. The number of ether oxygens (including phenoxy) is 1. The number of hydrogen-bond donors (Lipinski definition) is 2. The molecule has 7 heteroatoms. The van der Waals surface area contributed by atoms with Crippen molar-refractivity contribution < 1.29 is 4.74 Å². The first kappa shape index (κ1) is 14.9. The first-order valence-electron chi connectivity index (χ1n) is 7.58. The number of aromatic amines is 1. The van der Waals surface area contributed by atoms with Crippen LogP contribution in [0.4, 0.5) is 5.82 Å². The Morgan fingerprint density at radius 3 is 3.00 bits per heavy atom. The molecule has 118 valence electrons. The van der Waals surface area contributed by atoms with Crippen LogP contribution in [0.15, 0.2) is 23.4 Å². The Hall–Kier alpha value is -1.99. The van der Waals surface area contributed by atoms with Gasteiger partial charge in [0.05, 0.1) is 18.3 Å². The van der Waals surface area contributed by atoms with E-state index in [-0.39, 0.29) is 5.56 Å². The van der Waals surface area contributed by atoms with Gasteiger partial charge in [-0.25, -0.2) is 9.97 Å². The molecule has 22 heavy (non-hydrogen) atoms. The van der Waals surface area contributed by atoms with Crippen LogP contribution in [0.5, 0.6) is 0 Å². The molecule has 2 aromatic rings. The topological polar surface area (TPSA) is 83.1 Å². The fourth-order valence-corrected chi connectivity index (χ4v) is 2.82. The van der Waals surface area contributed by atoms with E-state index < -0.39 is 0 Å². The molecule has 2 N–H and O–H groups in total. The third-order valence-electron chi connectivity index (χ3n) is 4.10. The van der Waals surface area contributed by atoms with E-state index in [2.05, 4.69) is 25.2 Å². The van der Waals surface area contributed by atoms with Crippen LogP contribution in [0.3, 0.4) is 0 Å². The molecule has 1 aliphatic rings. The van der Waals surface area contributed by atoms with E-state index >= 15 is 0 Å². The number of likely N-dealkylation sites (tertiary alicyclic amines) is 1. The number of nitrogens with one attached hydrogen (secondary N) is 2. The summed E-state index contributed by atoms with van der Waals surface area (Å²) in [4.78, 5) is 25.4. The van der Waals surface area contributed by atoms with E-state index in [9.17, 15) is 4.79 Å². The van der Waals surface area contributed by atoms with Crippen LogP contribution in [0.25, 0.3) is 10.9 Å². The minimum Gasteiger partial charge on any atom is -0.383 e. The summed E-state index contributed by atoms with van der Waals surface area (Å²) in [7, 11) is 1.73. The van der Waals surface area contributed by atoms with Crippen molar-refractivity contribution in [2.45, 2.75) is 18.9 Å². The third-order valence-corrected chi connectivity index (χ3v) is 4.10. The van der Waals surface area contributed by atoms with Crippen molar-refractivity contribution in [2.24, 2.45) is 0 Å². The zero-order chi connectivity index (χ0) is 15.4. The standard InChI is InChI=1S/C15H21N5O2/c1-22-9-8-20-6-3-11(4-7-20)19-14-13-12(2-5-16-14)15(21)18-10-17-13/h2,5,10-11H,3-4,6-9H2,1H3,(H,16,19)(H,17,18,21).